The minimum Gasteiger partial charge on any atom is -0.393 e. The summed E-state index contributed by atoms with van der Waals surface area (Å²) in [7, 11) is 0. The molecule has 8 atom stereocenters. The monoisotopic (exact) mass is 415 g/mol. The van der Waals surface area contributed by atoms with E-state index in [0.29, 0.717) is 11.3 Å². The number of aliphatic hydroxyl groups is 2. The Morgan fingerprint density at radius 1 is 0.900 bits per heavy atom. The highest BCUT2D eigenvalue weighted by Gasteiger charge is 2.57. The average molecular weight is 416 g/mol. The third kappa shape index (κ3) is 3.71. The molecule has 0 aromatic rings. The van der Waals surface area contributed by atoms with Crippen LogP contribution in [0.25, 0.3) is 0 Å². The minimum absolute atomic E-state index is 0.0863. The molecule has 0 unspecified atom stereocenters. The number of likely N-dealkylation sites (tertiary alicyclic amines) is 1. The molecule has 0 aromatic carbocycles. The Bertz CT molecular complexity index is 651. The van der Waals surface area contributed by atoms with Crippen LogP contribution in [0.5, 0.6) is 0 Å². The summed E-state index contributed by atoms with van der Waals surface area (Å²) in [5, 5.41) is 20.4. The van der Waals surface area contributed by atoms with Gasteiger partial charge in [-0.1, -0.05) is 19.1 Å². The molecule has 5 rings (SSSR count). The van der Waals surface area contributed by atoms with Crippen LogP contribution in [0.2, 0.25) is 0 Å². The van der Waals surface area contributed by atoms with Gasteiger partial charge in [-0.25, -0.2) is 0 Å². The highest BCUT2D eigenvalue weighted by atomic mass is 16.3. The predicted molar refractivity (Wildman–Crippen MR) is 122 cm³/mol. The maximum Gasteiger partial charge on any atom is 0.0622 e. The third-order valence-electron chi connectivity index (χ3n) is 10.7. The van der Waals surface area contributed by atoms with Gasteiger partial charge in [-0.2, -0.15) is 0 Å². The van der Waals surface area contributed by atoms with Crippen molar-refractivity contribution >= 4 is 0 Å². The molecular formula is C27H45NO2. The Balaban J connectivity index is 1.26. The molecule has 5 fully saturated rings. The van der Waals surface area contributed by atoms with E-state index in [-0.39, 0.29) is 6.10 Å². The zero-order valence-electron chi connectivity index (χ0n) is 19.5. The molecule has 2 N–H and O–H groups in total. The smallest absolute Gasteiger partial charge is 0.0622 e. The van der Waals surface area contributed by atoms with Crippen LogP contribution in [0.3, 0.4) is 0 Å². The molecule has 0 amide bonds. The Morgan fingerprint density at radius 2 is 1.63 bits per heavy atom. The average Bonchev–Trinajstić information content (AvgIpc) is 3.06. The van der Waals surface area contributed by atoms with E-state index in [4.69, 9.17) is 0 Å². The first-order chi connectivity index (χ1) is 14.3. The van der Waals surface area contributed by atoms with Gasteiger partial charge in [0.15, 0.2) is 0 Å². The largest absolute Gasteiger partial charge is 0.393 e. The number of fused-ring (bicyclic) bond motifs is 5. The maximum atomic E-state index is 10.6. The first kappa shape index (κ1) is 21.5. The Labute approximate surface area is 184 Å². The lowest BCUT2D eigenvalue weighted by Crippen LogP contribution is -2.50. The molecular weight excluding hydrogens is 370 g/mol. The molecule has 0 aromatic heterocycles. The summed E-state index contributed by atoms with van der Waals surface area (Å²) in [6, 6.07) is 0. The fourth-order valence-electron chi connectivity index (χ4n) is 9.23. The van der Waals surface area contributed by atoms with E-state index in [1.165, 1.54) is 50.5 Å². The van der Waals surface area contributed by atoms with E-state index in [1.807, 2.05) is 0 Å². The topological polar surface area (TPSA) is 43.7 Å². The number of rotatable bonds is 3. The van der Waals surface area contributed by atoms with Gasteiger partial charge in [0.2, 0.25) is 0 Å². The molecule has 170 valence electrons. The summed E-state index contributed by atoms with van der Waals surface area (Å²) in [5.74, 6) is 5.10. The standard InChI is InChI=1S/C27H45NO2/c1-18(17-28-14-10-20(29)11-15-28)24-6-7-25-23-5-4-19-16-26(2,30)12-8-21(19)22(23)9-13-27(24,25)3/h19-25,29-30H,1,4-17H2,2-3H3/t19-,21+,22-,23-,24-,25+,26-,27-/m1/s1. The van der Waals surface area contributed by atoms with Crippen molar-refractivity contribution in [2.24, 2.45) is 40.9 Å². The van der Waals surface area contributed by atoms with Gasteiger partial charge in [0.25, 0.3) is 0 Å². The lowest BCUT2D eigenvalue weighted by molar-refractivity contribution is -0.0979. The van der Waals surface area contributed by atoms with Crippen molar-refractivity contribution in [2.75, 3.05) is 19.6 Å². The second-order valence-corrected chi connectivity index (χ2v) is 12.5. The van der Waals surface area contributed by atoms with E-state index >= 15 is 0 Å². The van der Waals surface area contributed by atoms with Gasteiger partial charge in [0.05, 0.1) is 11.7 Å². The van der Waals surface area contributed by atoms with Gasteiger partial charge in [0.1, 0.15) is 0 Å². The lowest BCUT2D eigenvalue weighted by atomic mass is 9.49. The Kier molecular flexibility index (Phi) is 5.64. The van der Waals surface area contributed by atoms with Crippen molar-refractivity contribution < 1.29 is 10.2 Å². The van der Waals surface area contributed by atoms with Crippen molar-refractivity contribution in [2.45, 2.75) is 96.2 Å². The van der Waals surface area contributed by atoms with Gasteiger partial charge >= 0.3 is 0 Å². The zero-order chi connectivity index (χ0) is 21.1. The molecule has 4 saturated carbocycles. The molecule has 5 aliphatic rings. The molecule has 1 saturated heterocycles. The second-order valence-electron chi connectivity index (χ2n) is 12.5. The molecule has 4 aliphatic carbocycles. The summed E-state index contributed by atoms with van der Waals surface area (Å²) >= 11 is 0. The van der Waals surface area contributed by atoms with E-state index in [9.17, 15) is 10.2 Å². The molecule has 1 heterocycles. The number of piperidine rings is 1. The van der Waals surface area contributed by atoms with Gasteiger partial charge in [-0.05, 0) is 118 Å². The predicted octanol–water partition coefficient (Wildman–Crippen LogP) is 5.02. The van der Waals surface area contributed by atoms with Crippen molar-refractivity contribution in [3.8, 4) is 0 Å². The maximum absolute atomic E-state index is 10.6. The van der Waals surface area contributed by atoms with Gasteiger partial charge in [0, 0.05) is 19.6 Å². The quantitative estimate of drug-likeness (QED) is 0.636. The van der Waals surface area contributed by atoms with E-state index in [2.05, 4.69) is 25.3 Å². The summed E-state index contributed by atoms with van der Waals surface area (Å²) in [4.78, 5) is 2.54. The molecule has 3 heteroatoms. The fourth-order valence-corrected chi connectivity index (χ4v) is 9.23. The van der Waals surface area contributed by atoms with Crippen molar-refractivity contribution in [1.82, 2.24) is 4.90 Å². The first-order valence-electron chi connectivity index (χ1n) is 13.1. The number of hydrogen-bond acceptors (Lipinski definition) is 3. The van der Waals surface area contributed by atoms with Crippen LogP contribution in [0.15, 0.2) is 12.2 Å². The normalized spacial score (nSPS) is 49.9. The van der Waals surface area contributed by atoms with Gasteiger partial charge in [-0.3, -0.25) is 4.90 Å². The molecule has 0 spiro atoms. The van der Waals surface area contributed by atoms with Crippen LogP contribution < -0.4 is 0 Å². The van der Waals surface area contributed by atoms with Crippen LogP contribution in [0.4, 0.5) is 0 Å². The van der Waals surface area contributed by atoms with E-state index in [0.717, 1.165) is 74.9 Å². The zero-order valence-corrected chi connectivity index (χ0v) is 19.5. The summed E-state index contributed by atoms with van der Waals surface area (Å²) in [5.41, 5.74) is 1.54. The van der Waals surface area contributed by atoms with Crippen LogP contribution in [-0.4, -0.2) is 46.5 Å². The van der Waals surface area contributed by atoms with Gasteiger partial charge in [-0.15, -0.1) is 0 Å². The number of hydrogen-bond donors (Lipinski definition) is 2. The highest BCUT2D eigenvalue weighted by Crippen LogP contribution is 2.65. The number of nitrogens with zero attached hydrogens (tertiary/aromatic N) is 1. The van der Waals surface area contributed by atoms with Crippen molar-refractivity contribution in [1.29, 1.82) is 0 Å². The fraction of sp³-hybridized carbons (Fsp3) is 0.926. The second kappa shape index (κ2) is 7.89. The molecule has 0 radical (unpaired) electrons. The van der Waals surface area contributed by atoms with E-state index in [1.54, 1.807) is 0 Å². The summed E-state index contributed by atoms with van der Waals surface area (Å²) < 4.78 is 0. The highest BCUT2D eigenvalue weighted by molar-refractivity contribution is 5.17. The minimum atomic E-state index is -0.405. The van der Waals surface area contributed by atoms with Gasteiger partial charge < -0.3 is 10.2 Å². The van der Waals surface area contributed by atoms with E-state index < -0.39 is 5.60 Å². The number of aliphatic hydroxyl groups excluding tert-OH is 1. The van der Waals surface area contributed by atoms with Crippen LogP contribution in [-0.2, 0) is 0 Å². The summed E-state index contributed by atoms with van der Waals surface area (Å²) in [6.45, 7) is 12.4. The Morgan fingerprint density at radius 3 is 2.40 bits per heavy atom. The van der Waals surface area contributed by atoms with Crippen molar-refractivity contribution in [3.05, 3.63) is 12.2 Å². The molecule has 3 nitrogen and oxygen atoms in total. The Hall–Kier alpha value is -0.380. The van der Waals surface area contributed by atoms with Crippen molar-refractivity contribution in [3.63, 3.8) is 0 Å². The van der Waals surface area contributed by atoms with Crippen LogP contribution in [0.1, 0.15) is 84.5 Å². The summed E-state index contributed by atoms with van der Waals surface area (Å²) in [6.07, 6.45) is 13.4. The van der Waals surface area contributed by atoms with Crippen LogP contribution in [0, 0.1) is 40.9 Å². The molecule has 30 heavy (non-hydrogen) atoms. The first-order valence-corrected chi connectivity index (χ1v) is 13.1. The SMILES string of the molecule is C=C(CN1CCC(O)CC1)[C@H]1CC[C@H]2[C@@H]3CC[C@@H]4C[C@](C)(O)CC[C@@H]4[C@H]3CC[C@]12C. The lowest BCUT2D eigenvalue weighted by Gasteiger charge is -2.57. The molecule has 1 aliphatic heterocycles. The molecule has 0 bridgehead atoms. The van der Waals surface area contributed by atoms with Crippen LogP contribution >= 0.6 is 0 Å². The third-order valence-corrected chi connectivity index (χ3v) is 10.7.